The predicted molar refractivity (Wildman–Crippen MR) is 136 cm³/mol. The van der Waals surface area contributed by atoms with Crippen molar-refractivity contribution in [1.29, 1.82) is 0 Å². The summed E-state index contributed by atoms with van der Waals surface area (Å²) in [5.74, 6) is -0.805. The van der Waals surface area contributed by atoms with Crippen molar-refractivity contribution in [2.75, 3.05) is 10.6 Å². The Hall–Kier alpha value is -3.82. The Balaban J connectivity index is 1.47. The van der Waals surface area contributed by atoms with Gasteiger partial charge >= 0.3 is 6.03 Å². The van der Waals surface area contributed by atoms with Crippen LogP contribution in [-0.2, 0) is 11.2 Å². The van der Waals surface area contributed by atoms with E-state index < -0.39 is 18.0 Å². The van der Waals surface area contributed by atoms with Crippen LogP contribution in [0.1, 0.15) is 11.1 Å². The lowest BCUT2D eigenvalue weighted by Gasteiger charge is -2.18. The van der Waals surface area contributed by atoms with Crippen LogP contribution in [0, 0.1) is 12.7 Å². The first-order chi connectivity index (χ1) is 16.9. The Bertz CT molecular complexity index is 1330. The Morgan fingerprint density at radius 3 is 2.46 bits per heavy atom. The van der Waals surface area contributed by atoms with Crippen LogP contribution in [-0.4, -0.2) is 28.2 Å². The number of nitrogens with one attached hydrogen (secondary N) is 3. The molecule has 3 amide bonds. The average molecular weight is 510 g/mol. The molecule has 178 valence electrons. The van der Waals surface area contributed by atoms with Crippen LogP contribution in [0.5, 0.6) is 0 Å². The summed E-state index contributed by atoms with van der Waals surface area (Å²) in [5, 5.41) is 17.5. The van der Waals surface area contributed by atoms with Crippen LogP contribution in [0.3, 0.4) is 0 Å². The molecule has 35 heavy (non-hydrogen) atoms. The fraction of sp³-hybridized carbons (Fsp3) is 0.120. The van der Waals surface area contributed by atoms with Gasteiger partial charge in [-0.1, -0.05) is 59.3 Å². The van der Waals surface area contributed by atoms with Crippen LogP contribution in [0.25, 0.3) is 10.6 Å². The van der Waals surface area contributed by atoms with Crippen LogP contribution in [0.4, 0.5) is 20.0 Å². The molecule has 1 atom stereocenters. The highest BCUT2D eigenvalue weighted by atomic mass is 35.5. The van der Waals surface area contributed by atoms with Gasteiger partial charge in [-0.3, -0.25) is 10.1 Å². The Morgan fingerprint density at radius 2 is 1.74 bits per heavy atom. The van der Waals surface area contributed by atoms with Gasteiger partial charge in [-0.2, -0.15) is 0 Å². The summed E-state index contributed by atoms with van der Waals surface area (Å²) in [6, 6.07) is 18.9. The topological polar surface area (TPSA) is 96.0 Å². The van der Waals surface area contributed by atoms with E-state index in [0.717, 1.165) is 22.5 Å². The zero-order chi connectivity index (χ0) is 24.8. The van der Waals surface area contributed by atoms with Crippen molar-refractivity contribution < 1.29 is 14.0 Å². The second-order valence-corrected chi connectivity index (χ2v) is 9.10. The number of urea groups is 1. The summed E-state index contributed by atoms with van der Waals surface area (Å²) in [5.41, 5.74) is 2.94. The normalized spacial score (nSPS) is 11.5. The van der Waals surface area contributed by atoms with Gasteiger partial charge in [0.2, 0.25) is 11.0 Å². The van der Waals surface area contributed by atoms with E-state index in [4.69, 9.17) is 11.6 Å². The number of anilines is 2. The van der Waals surface area contributed by atoms with Gasteiger partial charge in [-0.25, -0.2) is 9.18 Å². The minimum absolute atomic E-state index is 0.262. The minimum Gasteiger partial charge on any atom is -0.326 e. The highest BCUT2D eigenvalue weighted by Gasteiger charge is 2.23. The number of amides is 3. The SMILES string of the molecule is Cc1ccc(NC(=O)N[C@H](Cc2ccccc2)C(=O)Nc2nnc(-c3ccc(F)cc3)s2)cc1Cl. The minimum atomic E-state index is -0.892. The predicted octanol–water partition coefficient (Wildman–Crippen LogP) is 5.68. The molecule has 0 saturated heterocycles. The van der Waals surface area contributed by atoms with Gasteiger partial charge in [0.25, 0.3) is 0 Å². The fourth-order valence-electron chi connectivity index (χ4n) is 3.23. The smallest absolute Gasteiger partial charge is 0.319 e. The van der Waals surface area contributed by atoms with Gasteiger partial charge < -0.3 is 10.6 Å². The van der Waals surface area contributed by atoms with E-state index in [-0.39, 0.29) is 17.4 Å². The second kappa shape index (κ2) is 11.1. The monoisotopic (exact) mass is 509 g/mol. The Kier molecular flexibility index (Phi) is 7.69. The van der Waals surface area contributed by atoms with E-state index >= 15 is 0 Å². The lowest BCUT2D eigenvalue weighted by molar-refractivity contribution is -0.117. The van der Waals surface area contributed by atoms with E-state index in [2.05, 4.69) is 26.1 Å². The first-order valence-electron chi connectivity index (χ1n) is 10.7. The number of carbonyl (C=O) groups excluding carboxylic acids is 2. The molecule has 0 aliphatic heterocycles. The van der Waals surface area contributed by atoms with Crippen molar-refractivity contribution in [2.45, 2.75) is 19.4 Å². The highest BCUT2D eigenvalue weighted by Crippen LogP contribution is 2.26. The number of rotatable bonds is 7. The van der Waals surface area contributed by atoms with E-state index in [0.29, 0.717) is 21.3 Å². The van der Waals surface area contributed by atoms with Crippen LogP contribution in [0.15, 0.2) is 72.8 Å². The van der Waals surface area contributed by atoms with Gasteiger partial charge in [-0.05, 0) is 54.4 Å². The van der Waals surface area contributed by atoms with Crippen LogP contribution >= 0.6 is 22.9 Å². The number of hydrogen-bond donors (Lipinski definition) is 3. The molecule has 0 spiro atoms. The quantitative estimate of drug-likeness (QED) is 0.299. The van der Waals surface area contributed by atoms with Crippen molar-refractivity contribution in [3.63, 3.8) is 0 Å². The van der Waals surface area contributed by atoms with E-state index in [1.54, 1.807) is 30.3 Å². The zero-order valence-corrected chi connectivity index (χ0v) is 20.2. The van der Waals surface area contributed by atoms with Crippen molar-refractivity contribution in [1.82, 2.24) is 15.5 Å². The molecule has 0 saturated carbocycles. The maximum atomic E-state index is 13.2. The van der Waals surface area contributed by atoms with Gasteiger partial charge in [0, 0.05) is 22.7 Å². The van der Waals surface area contributed by atoms with E-state index in [1.165, 1.54) is 12.1 Å². The number of aryl methyl sites for hydroxylation is 1. The summed E-state index contributed by atoms with van der Waals surface area (Å²) in [7, 11) is 0. The molecule has 10 heteroatoms. The molecular formula is C25H21ClFN5O2S. The van der Waals surface area contributed by atoms with Gasteiger partial charge in [0.1, 0.15) is 16.9 Å². The van der Waals surface area contributed by atoms with Gasteiger partial charge in [-0.15, -0.1) is 10.2 Å². The van der Waals surface area contributed by atoms with Crippen LogP contribution in [0.2, 0.25) is 5.02 Å². The first-order valence-corrected chi connectivity index (χ1v) is 11.8. The summed E-state index contributed by atoms with van der Waals surface area (Å²) < 4.78 is 13.2. The zero-order valence-electron chi connectivity index (χ0n) is 18.6. The number of benzene rings is 3. The van der Waals surface area contributed by atoms with E-state index in [1.807, 2.05) is 37.3 Å². The molecule has 0 fully saturated rings. The van der Waals surface area contributed by atoms with Gasteiger partial charge in [0.05, 0.1) is 0 Å². The molecule has 1 heterocycles. The number of halogens is 2. The number of carbonyl (C=O) groups is 2. The van der Waals surface area contributed by atoms with Crippen molar-refractivity contribution in [3.05, 3.63) is 94.8 Å². The molecule has 0 bridgehead atoms. The molecule has 1 aromatic heterocycles. The number of nitrogens with zero attached hydrogens (tertiary/aromatic N) is 2. The molecule has 0 unspecified atom stereocenters. The molecule has 0 aliphatic carbocycles. The lowest BCUT2D eigenvalue weighted by atomic mass is 10.1. The fourth-order valence-corrected chi connectivity index (χ4v) is 4.16. The average Bonchev–Trinajstić information content (AvgIpc) is 3.30. The van der Waals surface area contributed by atoms with Crippen LogP contribution < -0.4 is 16.0 Å². The highest BCUT2D eigenvalue weighted by molar-refractivity contribution is 7.18. The summed E-state index contributed by atoms with van der Waals surface area (Å²) >= 11 is 7.29. The number of aromatic nitrogens is 2. The van der Waals surface area contributed by atoms with Crippen molar-refractivity contribution in [2.24, 2.45) is 0 Å². The molecule has 4 rings (SSSR count). The lowest BCUT2D eigenvalue weighted by Crippen LogP contribution is -2.46. The first kappa shape index (κ1) is 24.3. The molecule has 4 aromatic rings. The molecular weight excluding hydrogens is 489 g/mol. The Labute approximate surface area is 210 Å². The third-order valence-corrected chi connectivity index (χ3v) is 6.38. The van der Waals surface area contributed by atoms with Crippen molar-refractivity contribution in [3.8, 4) is 10.6 Å². The van der Waals surface area contributed by atoms with E-state index in [9.17, 15) is 14.0 Å². The van der Waals surface area contributed by atoms with Crippen molar-refractivity contribution >= 4 is 45.7 Å². The molecule has 0 aliphatic rings. The Morgan fingerprint density at radius 1 is 1.00 bits per heavy atom. The maximum Gasteiger partial charge on any atom is 0.319 e. The standard InChI is InChI=1S/C25H21ClFN5O2S/c1-15-7-12-19(14-20(15)26)28-24(34)29-21(13-16-5-3-2-4-6-16)22(33)30-25-32-31-23(35-25)17-8-10-18(27)11-9-17/h2-12,14,21H,13H2,1H3,(H2,28,29,34)(H,30,32,33)/t21-/m1/s1. The largest absolute Gasteiger partial charge is 0.326 e. The third-order valence-electron chi connectivity index (χ3n) is 5.08. The third kappa shape index (κ3) is 6.62. The molecule has 3 aromatic carbocycles. The second-order valence-electron chi connectivity index (χ2n) is 7.71. The molecule has 3 N–H and O–H groups in total. The molecule has 7 nitrogen and oxygen atoms in total. The van der Waals surface area contributed by atoms with Gasteiger partial charge in [0.15, 0.2) is 0 Å². The summed E-state index contributed by atoms with van der Waals surface area (Å²) in [4.78, 5) is 25.8. The summed E-state index contributed by atoms with van der Waals surface area (Å²) in [6.07, 6.45) is 0.262. The summed E-state index contributed by atoms with van der Waals surface area (Å²) in [6.45, 7) is 1.86. The number of hydrogen-bond acceptors (Lipinski definition) is 5. The maximum absolute atomic E-state index is 13.2. The molecule has 0 radical (unpaired) electrons.